The summed E-state index contributed by atoms with van der Waals surface area (Å²) in [5.41, 5.74) is 7.26. The van der Waals surface area contributed by atoms with E-state index in [2.05, 4.69) is 39.7 Å². The lowest BCUT2D eigenvalue weighted by atomic mass is 10.0. The van der Waals surface area contributed by atoms with E-state index in [1.807, 2.05) is 18.2 Å². The van der Waals surface area contributed by atoms with E-state index >= 15 is 0 Å². The number of anilines is 1. The molecule has 0 fully saturated rings. The van der Waals surface area contributed by atoms with Crippen molar-refractivity contribution < 1.29 is 14.6 Å². The van der Waals surface area contributed by atoms with Gasteiger partial charge in [-0.25, -0.2) is 14.8 Å². The molecule has 2 rings (SSSR count). The van der Waals surface area contributed by atoms with Gasteiger partial charge in [0.25, 0.3) is 0 Å². The summed E-state index contributed by atoms with van der Waals surface area (Å²) in [6.45, 7) is 5.72. The number of nitrogens with zero attached hydrogens (tertiary/aromatic N) is 2. The molecule has 0 aliphatic carbocycles. The maximum absolute atomic E-state index is 11.4. The number of carboxylic acids is 1. The van der Waals surface area contributed by atoms with E-state index in [9.17, 15) is 9.90 Å². The SMILES string of the molecule is Cc1nc(N)nc(COc2ccc(Br)cc2C(C)C)c1C(=O)O. The molecular formula is C16H18BrN3O3. The van der Waals surface area contributed by atoms with Gasteiger partial charge >= 0.3 is 5.97 Å². The van der Waals surface area contributed by atoms with Crippen LogP contribution in [0.25, 0.3) is 0 Å². The van der Waals surface area contributed by atoms with Crippen molar-refractivity contribution in [3.63, 3.8) is 0 Å². The van der Waals surface area contributed by atoms with Gasteiger partial charge in [0, 0.05) is 4.47 Å². The average Bonchev–Trinajstić information content (AvgIpc) is 2.44. The number of carbonyl (C=O) groups is 1. The van der Waals surface area contributed by atoms with Crippen LogP contribution in [-0.4, -0.2) is 21.0 Å². The molecule has 0 saturated heterocycles. The summed E-state index contributed by atoms with van der Waals surface area (Å²) in [4.78, 5) is 19.3. The van der Waals surface area contributed by atoms with E-state index in [1.165, 1.54) is 0 Å². The number of benzene rings is 1. The standard InChI is InChI=1S/C16H18BrN3O3/c1-8(2)11-6-10(17)4-5-13(11)23-7-12-14(15(21)22)9(3)19-16(18)20-12/h4-6,8H,7H2,1-3H3,(H,21,22)(H2,18,19,20). The third-order valence-electron chi connectivity index (χ3n) is 3.35. The summed E-state index contributed by atoms with van der Waals surface area (Å²) >= 11 is 3.44. The largest absolute Gasteiger partial charge is 0.487 e. The Hall–Kier alpha value is -2.15. The molecule has 0 radical (unpaired) electrons. The van der Waals surface area contributed by atoms with Gasteiger partial charge in [-0.15, -0.1) is 0 Å². The van der Waals surface area contributed by atoms with E-state index < -0.39 is 5.97 Å². The molecule has 122 valence electrons. The normalized spacial score (nSPS) is 10.8. The molecule has 0 aliphatic rings. The first-order valence-corrected chi connectivity index (χ1v) is 7.87. The third kappa shape index (κ3) is 3.98. The van der Waals surface area contributed by atoms with Crippen molar-refractivity contribution in [3.05, 3.63) is 45.2 Å². The van der Waals surface area contributed by atoms with Crippen LogP contribution in [0.2, 0.25) is 0 Å². The minimum atomic E-state index is -1.10. The first-order valence-electron chi connectivity index (χ1n) is 7.08. The molecule has 0 saturated carbocycles. The molecule has 0 aliphatic heterocycles. The van der Waals surface area contributed by atoms with Gasteiger partial charge in [-0.1, -0.05) is 29.8 Å². The van der Waals surface area contributed by atoms with Gasteiger partial charge < -0.3 is 15.6 Å². The summed E-state index contributed by atoms with van der Waals surface area (Å²) < 4.78 is 6.77. The first-order chi connectivity index (χ1) is 10.8. The Bertz CT molecular complexity index is 748. The van der Waals surface area contributed by atoms with Crippen LogP contribution in [0.5, 0.6) is 5.75 Å². The molecule has 0 unspecified atom stereocenters. The maximum atomic E-state index is 11.4. The van der Waals surface area contributed by atoms with Gasteiger partial charge in [0.15, 0.2) is 0 Å². The van der Waals surface area contributed by atoms with Crippen molar-refractivity contribution >= 4 is 27.8 Å². The molecule has 2 aromatic rings. The summed E-state index contributed by atoms with van der Waals surface area (Å²) in [5.74, 6) is -0.111. The number of hydrogen-bond donors (Lipinski definition) is 2. The number of aryl methyl sites for hydroxylation is 1. The number of nitrogen functional groups attached to an aromatic ring is 1. The summed E-state index contributed by atoms with van der Waals surface area (Å²) in [5, 5.41) is 9.33. The molecule has 0 spiro atoms. The van der Waals surface area contributed by atoms with Gasteiger partial charge in [0.1, 0.15) is 17.9 Å². The van der Waals surface area contributed by atoms with Crippen LogP contribution in [0.15, 0.2) is 22.7 Å². The maximum Gasteiger partial charge on any atom is 0.339 e. The van der Waals surface area contributed by atoms with Crippen molar-refractivity contribution in [1.82, 2.24) is 9.97 Å². The first kappa shape index (κ1) is 17.2. The number of aromatic nitrogens is 2. The van der Waals surface area contributed by atoms with Crippen molar-refractivity contribution in [2.24, 2.45) is 0 Å². The molecule has 0 atom stereocenters. The number of hydrogen-bond acceptors (Lipinski definition) is 5. The summed E-state index contributed by atoms with van der Waals surface area (Å²) in [7, 11) is 0. The molecular weight excluding hydrogens is 362 g/mol. The Morgan fingerprint density at radius 1 is 1.39 bits per heavy atom. The zero-order valence-electron chi connectivity index (χ0n) is 13.1. The predicted octanol–water partition coefficient (Wildman–Crippen LogP) is 3.53. The van der Waals surface area contributed by atoms with E-state index in [4.69, 9.17) is 10.5 Å². The molecule has 1 heterocycles. The number of ether oxygens (including phenoxy) is 1. The zero-order chi connectivity index (χ0) is 17.1. The molecule has 6 nitrogen and oxygen atoms in total. The number of aromatic carboxylic acids is 1. The molecule has 3 N–H and O–H groups in total. The molecule has 7 heteroatoms. The van der Waals surface area contributed by atoms with E-state index in [-0.39, 0.29) is 29.7 Å². The molecule has 23 heavy (non-hydrogen) atoms. The average molecular weight is 380 g/mol. The smallest absolute Gasteiger partial charge is 0.339 e. The molecule has 1 aromatic carbocycles. The van der Waals surface area contributed by atoms with Crippen molar-refractivity contribution in [2.75, 3.05) is 5.73 Å². The lowest BCUT2D eigenvalue weighted by Gasteiger charge is -2.15. The Morgan fingerprint density at radius 2 is 2.09 bits per heavy atom. The predicted molar refractivity (Wildman–Crippen MR) is 90.7 cm³/mol. The van der Waals surface area contributed by atoms with E-state index in [1.54, 1.807) is 6.92 Å². The Balaban J connectivity index is 2.34. The van der Waals surface area contributed by atoms with Crippen LogP contribution < -0.4 is 10.5 Å². The zero-order valence-corrected chi connectivity index (χ0v) is 14.7. The number of carboxylic acid groups (broad SMARTS) is 1. The second kappa shape index (κ2) is 6.95. The lowest BCUT2D eigenvalue weighted by molar-refractivity contribution is 0.0691. The molecule has 0 amide bonds. The number of halogens is 1. The van der Waals surface area contributed by atoms with E-state index in [0.717, 1.165) is 10.0 Å². The van der Waals surface area contributed by atoms with Crippen LogP contribution in [0.1, 0.15) is 47.1 Å². The Morgan fingerprint density at radius 3 is 2.70 bits per heavy atom. The monoisotopic (exact) mass is 379 g/mol. The minimum Gasteiger partial charge on any atom is -0.487 e. The van der Waals surface area contributed by atoms with Crippen molar-refractivity contribution in [3.8, 4) is 5.75 Å². The Kier molecular flexibility index (Phi) is 5.20. The fourth-order valence-corrected chi connectivity index (χ4v) is 2.67. The molecule has 0 bridgehead atoms. The van der Waals surface area contributed by atoms with Crippen LogP contribution in [0.3, 0.4) is 0 Å². The van der Waals surface area contributed by atoms with Gasteiger partial charge in [0.05, 0.1) is 11.4 Å². The second-order valence-electron chi connectivity index (χ2n) is 5.42. The summed E-state index contributed by atoms with van der Waals surface area (Å²) in [6.07, 6.45) is 0. The van der Waals surface area contributed by atoms with Gasteiger partial charge in [-0.2, -0.15) is 0 Å². The van der Waals surface area contributed by atoms with Gasteiger partial charge in [-0.05, 0) is 36.6 Å². The van der Waals surface area contributed by atoms with Crippen LogP contribution >= 0.6 is 15.9 Å². The fraction of sp³-hybridized carbons (Fsp3) is 0.312. The quantitative estimate of drug-likeness (QED) is 0.824. The highest BCUT2D eigenvalue weighted by Gasteiger charge is 2.18. The van der Waals surface area contributed by atoms with Gasteiger partial charge in [0.2, 0.25) is 5.95 Å². The second-order valence-corrected chi connectivity index (χ2v) is 6.34. The minimum absolute atomic E-state index is 0.0105. The Labute approximate surface area is 142 Å². The highest BCUT2D eigenvalue weighted by atomic mass is 79.9. The van der Waals surface area contributed by atoms with Gasteiger partial charge in [-0.3, -0.25) is 0 Å². The van der Waals surface area contributed by atoms with Crippen molar-refractivity contribution in [2.45, 2.75) is 33.3 Å². The highest BCUT2D eigenvalue weighted by molar-refractivity contribution is 9.10. The van der Waals surface area contributed by atoms with Crippen LogP contribution in [-0.2, 0) is 6.61 Å². The molecule has 1 aromatic heterocycles. The van der Waals surface area contributed by atoms with E-state index in [0.29, 0.717) is 11.4 Å². The lowest BCUT2D eigenvalue weighted by Crippen LogP contribution is -2.14. The van der Waals surface area contributed by atoms with Crippen molar-refractivity contribution in [1.29, 1.82) is 0 Å². The number of nitrogens with two attached hydrogens (primary N) is 1. The summed E-state index contributed by atoms with van der Waals surface area (Å²) in [6, 6.07) is 5.70. The number of rotatable bonds is 5. The topological polar surface area (TPSA) is 98.3 Å². The fourth-order valence-electron chi connectivity index (χ4n) is 2.29. The van der Waals surface area contributed by atoms with Crippen LogP contribution in [0, 0.1) is 6.92 Å². The third-order valence-corrected chi connectivity index (χ3v) is 3.85. The highest BCUT2D eigenvalue weighted by Crippen LogP contribution is 2.30. The van der Waals surface area contributed by atoms with Crippen LogP contribution in [0.4, 0.5) is 5.95 Å².